The molecule has 6 heteroatoms. The van der Waals surface area contributed by atoms with E-state index in [-0.39, 0.29) is 17.9 Å². The molecule has 0 saturated heterocycles. The van der Waals surface area contributed by atoms with Gasteiger partial charge in [0.2, 0.25) is 0 Å². The Morgan fingerprint density at radius 2 is 1.92 bits per heavy atom. The largest absolute Gasteiger partial charge is 0.487 e. The summed E-state index contributed by atoms with van der Waals surface area (Å²) in [5.74, 6) is 0.224. The van der Waals surface area contributed by atoms with Crippen molar-refractivity contribution in [1.29, 1.82) is 0 Å². The summed E-state index contributed by atoms with van der Waals surface area (Å²) < 4.78 is 20.9. The number of nitrogens with one attached hydrogen (secondary N) is 1. The molecule has 1 unspecified atom stereocenters. The van der Waals surface area contributed by atoms with Gasteiger partial charge in [0.15, 0.2) is 5.82 Å². The van der Waals surface area contributed by atoms with Crippen LogP contribution in [-0.4, -0.2) is 24.3 Å². The van der Waals surface area contributed by atoms with Gasteiger partial charge in [-0.2, -0.15) is 0 Å². The molecule has 0 aliphatic carbocycles. The number of ether oxygens (including phenoxy) is 1. The van der Waals surface area contributed by atoms with E-state index in [0.29, 0.717) is 29.1 Å². The molecule has 0 fully saturated rings. The van der Waals surface area contributed by atoms with E-state index in [9.17, 15) is 9.50 Å². The summed E-state index contributed by atoms with van der Waals surface area (Å²) in [6, 6.07) is 11.3. The van der Waals surface area contributed by atoms with Crippen molar-refractivity contribution in [2.45, 2.75) is 33.0 Å². The van der Waals surface area contributed by atoms with Crippen LogP contribution in [0.15, 0.2) is 40.9 Å². The fraction of sp³-hybridized carbons (Fsp3) is 0.400. The third-order valence-corrected chi connectivity index (χ3v) is 4.63. The van der Waals surface area contributed by atoms with E-state index in [1.54, 1.807) is 6.07 Å². The zero-order chi connectivity index (χ0) is 19.1. The van der Waals surface area contributed by atoms with Gasteiger partial charge in [0.1, 0.15) is 18.0 Å². The zero-order valence-electron chi connectivity index (χ0n) is 15.1. The predicted octanol–water partition coefficient (Wildman–Crippen LogP) is 3.90. The topological polar surface area (TPSA) is 67.5 Å². The summed E-state index contributed by atoms with van der Waals surface area (Å²) in [6.07, 6.45) is -0.532. The number of rotatable bonds is 9. The highest BCUT2D eigenvalue weighted by Gasteiger charge is 2.19. The molecule has 4 N–H and O–H groups in total. The van der Waals surface area contributed by atoms with Gasteiger partial charge in [0.05, 0.1) is 6.10 Å². The van der Waals surface area contributed by atoms with Crippen LogP contribution in [0.25, 0.3) is 0 Å². The highest BCUT2D eigenvalue weighted by atomic mass is 79.9. The molecule has 0 aliphatic heterocycles. The van der Waals surface area contributed by atoms with Gasteiger partial charge in [-0.25, -0.2) is 4.39 Å². The lowest BCUT2D eigenvalue weighted by Crippen LogP contribution is -2.31. The smallest absolute Gasteiger partial charge is 0.154 e. The summed E-state index contributed by atoms with van der Waals surface area (Å²) >= 11 is 3.37. The predicted molar refractivity (Wildman–Crippen MR) is 107 cm³/mol. The van der Waals surface area contributed by atoms with Crippen LogP contribution in [0.3, 0.4) is 0 Å². The average molecular weight is 425 g/mol. The van der Waals surface area contributed by atoms with E-state index in [0.717, 1.165) is 12.1 Å². The minimum absolute atomic E-state index is 0.0403. The van der Waals surface area contributed by atoms with Crippen LogP contribution in [0, 0.1) is 11.7 Å². The van der Waals surface area contributed by atoms with Crippen LogP contribution in [0.2, 0.25) is 0 Å². The monoisotopic (exact) mass is 424 g/mol. The summed E-state index contributed by atoms with van der Waals surface area (Å²) in [6.45, 7) is 5.68. The second-order valence-corrected chi connectivity index (χ2v) is 7.60. The first-order valence-corrected chi connectivity index (χ1v) is 9.49. The van der Waals surface area contributed by atoms with Gasteiger partial charge in [-0.05, 0) is 24.1 Å². The molecule has 2 rings (SSSR count). The summed E-state index contributed by atoms with van der Waals surface area (Å²) in [4.78, 5) is 0. The highest BCUT2D eigenvalue weighted by Crippen LogP contribution is 2.34. The van der Waals surface area contributed by atoms with Crippen molar-refractivity contribution in [2.24, 2.45) is 5.92 Å². The third kappa shape index (κ3) is 5.97. The highest BCUT2D eigenvalue weighted by molar-refractivity contribution is 9.10. The number of hydrogen-bond donors (Lipinski definition) is 3. The molecule has 0 aromatic heterocycles. The van der Waals surface area contributed by atoms with E-state index in [1.807, 2.05) is 30.3 Å². The fourth-order valence-electron chi connectivity index (χ4n) is 2.54. The molecular formula is C20H26BrFN2O2. The number of nitrogen functional groups attached to an aromatic ring is 1. The lowest BCUT2D eigenvalue weighted by atomic mass is 10.1. The number of benzene rings is 2. The van der Waals surface area contributed by atoms with Crippen molar-refractivity contribution in [2.75, 3.05) is 18.8 Å². The second kappa shape index (κ2) is 9.90. The molecule has 0 heterocycles. The SMILES string of the molecule is CC(C)CNCC(O)Cc1c(Br)cc(OCc2ccccc2)c(N)c1F. The number of hydrogen-bond acceptors (Lipinski definition) is 4. The summed E-state index contributed by atoms with van der Waals surface area (Å²) in [7, 11) is 0. The molecule has 0 aliphatic rings. The maximum atomic E-state index is 14.7. The van der Waals surface area contributed by atoms with E-state index >= 15 is 0 Å². The van der Waals surface area contributed by atoms with Crippen LogP contribution in [0.1, 0.15) is 25.0 Å². The normalized spacial score (nSPS) is 12.4. The lowest BCUT2D eigenvalue weighted by molar-refractivity contribution is 0.169. The van der Waals surface area contributed by atoms with E-state index < -0.39 is 11.9 Å². The van der Waals surface area contributed by atoms with Crippen LogP contribution in [-0.2, 0) is 13.0 Å². The first-order chi connectivity index (χ1) is 12.4. The first kappa shape index (κ1) is 20.7. The van der Waals surface area contributed by atoms with Crippen molar-refractivity contribution in [3.05, 3.63) is 57.8 Å². The Morgan fingerprint density at radius 3 is 2.58 bits per heavy atom. The Hall–Kier alpha value is -1.63. The lowest BCUT2D eigenvalue weighted by Gasteiger charge is -2.17. The molecule has 0 bridgehead atoms. The Bertz CT molecular complexity index is 711. The number of aliphatic hydroxyl groups excluding tert-OH is 1. The Morgan fingerprint density at radius 1 is 1.23 bits per heavy atom. The maximum Gasteiger partial charge on any atom is 0.154 e. The van der Waals surface area contributed by atoms with Gasteiger partial charge in [-0.1, -0.05) is 60.1 Å². The van der Waals surface area contributed by atoms with Crippen molar-refractivity contribution in [1.82, 2.24) is 5.32 Å². The van der Waals surface area contributed by atoms with E-state index in [2.05, 4.69) is 35.1 Å². The number of aliphatic hydroxyl groups is 1. The number of anilines is 1. The minimum atomic E-state index is -0.699. The summed E-state index contributed by atoms with van der Waals surface area (Å²) in [5.41, 5.74) is 7.20. The van der Waals surface area contributed by atoms with Crippen LogP contribution in [0.5, 0.6) is 5.75 Å². The molecule has 4 nitrogen and oxygen atoms in total. The fourth-order valence-corrected chi connectivity index (χ4v) is 3.09. The molecule has 142 valence electrons. The van der Waals surface area contributed by atoms with E-state index in [4.69, 9.17) is 10.5 Å². The third-order valence-electron chi connectivity index (χ3n) is 3.92. The number of halogens is 2. The van der Waals surface area contributed by atoms with Crippen molar-refractivity contribution >= 4 is 21.6 Å². The zero-order valence-corrected chi connectivity index (χ0v) is 16.7. The Balaban J connectivity index is 2.04. The molecule has 2 aromatic rings. The van der Waals surface area contributed by atoms with Gasteiger partial charge in [-0.15, -0.1) is 0 Å². The number of nitrogens with two attached hydrogens (primary N) is 1. The summed E-state index contributed by atoms with van der Waals surface area (Å²) in [5, 5.41) is 13.3. The Kier molecular flexibility index (Phi) is 7.87. The maximum absolute atomic E-state index is 14.7. The average Bonchev–Trinajstić information content (AvgIpc) is 2.61. The molecule has 26 heavy (non-hydrogen) atoms. The van der Waals surface area contributed by atoms with Gasteiger partial charge in [0, 0.05) is 23.0 Å². The van der Waals surface area contributed by atoms with Crippen LogP contribution in [0.4, 0.5) is 10.1 Å². The van der Waals surface area contributed by atoms with Crippen molar-refractivity contribution in [3.8, 4) is 5.75 Å². The van der Waals surface area contributed by atoms with Gasteiger partial charge < -0.3 is 20.9 Å². The van der Waals surface area contributed by atoms with E-state index in [1.165, 1.54) is 0 Å². The quantitative estimate of drug-likeness (QED) is 0.534. The second-order valence-electron chi connectivity index (χ2n) is 6.75. The first-order valence-electron chi connectivity index (χ1n) is 8.70. The molecule has 0 saturated carbocycles. The van der Waals surface area contributed by atoms with Crippen LogP contribution >= 0.6 is 15.9 Å². The molecule has 0 spiro atoms. The van der Waals surface area contributed by atoms with Gasteiger partial charge in [0.25, 0.3) is 0 Å². The van der Waals surface area contributed by atoms with Crippen molar-refractivity contribution < 1.29 is 14.2 Å². The standard InChI is InChI=1S/C20H26BrFN2O2/c1-13(2)10-24-11-15(25)8-16-17(21)9-18(20(23)19(16)22)26-12-14-6-4-3-5-7-14/h3-7,9,13,15,24-25H,8,10-12,23H2,1-2H3. The van der Waals surface area contributed by atoms with Gasteiger partial charge in [-0.3, -0.25) is 0 Å². The Labute approximate surface area is 162 Å². The molecular weight excluding hydrogens is 399 g/mol. The van der Waals surface area contributed by atoms with Crippen molar-refractivity contribution in [3.63, 3.8) is 0 Å². The molecule has 0 amide bonds. The molecule has 1 atom stereocenters. The molecule has 2 aromatic carbocycles. The van der Waals surface area contributed by atoms with Gasteiger partial charge >= 0.3 is 0 Å². The van der Waals surface area contributed by atoms with Crippen LogP contribution < -0.4 is 15.8 Å². The molecule has 0 radical (unpaired) electrons. The minimum Gasteiger partial charge on any atom is -0.487 e.